The van der Waals surface area contributed by atoms with E-state index in [4.69, 9.17) is 4.74 Å². The average Bonchev–Trinajstić information content (AvgIpc) is 3.58. The molecule has 7 heteroatoms. The van der Waals surface area contributed by atoms with Crippen molar-refractivity contribution < 1.29 is 19.1 Å². The summed E-state index contributed by atoms with van der Waals surface area (Å²) >= 11 is 0. The standard InChI is InChI=1S/C27H37N3O4/c1-18(2)29-14-9-20(10-15-29)19-5-7-21(8-6-19)25(32)28-27(12-3-4-13-27)26(33)30-16-11-23-24(30)22(31)17-34-23/h5-8,18,20,23-24H,3-4,9-17H2,1-2H3,(H,28,32)/t23-,24-/m1/s1. The number of hydrogen-bond acceptors (Lipinski definition) is 5. The molecule has 0 aromatic heterocycles. The third-order valence-corrected chi connectivity index (χ3v) is 8.50. The number of hydrogen-bond donors (Lipinski definition) is 1. The number of piperidine rings is 1. The number of nitrogens with one attached hydrogen (secondary N) is 1. The van der Waals surface area contributed by atoms with E-state index in [1.807, 2.05) is 12.1 Å². The van der Waals surface area contributed by atoms with Gasteiger partial charge in [0.1, 0.15) is 18.2 Å². The maximum atomic E-state index is 13.7. The first kappa shape index (κ1) is 23.5. The lowest BCUT2D eigenvalue weighted by Gasteiger charge is -2.35. The minimum absolute atomic E-state index is 0.0230. The smallest absolute Gasteiger partial charge is 0.252 e. The summed E-state index contributed by atoms with van der Waals surface area (Å²) in [6.07, 6.45) is 5.80. The molecule has 4 fully saturated rings. The Morgan fingerprint density at radius 2 is 1.71 bits per heavy atom. The molecule has 1 saturated carbocycles. The lowest BCUT2D eigenvalue weighted by Crippen LogP contribution is -2.60. The van der Waals surface area contributed by atoms with Crippen LogP contribution >= 0.6 is 0 Å². The molecule has 1 aromatic rings. The van der Waals surface area contributed by atoms with Crippen LogP contribution in [0.4, 0.5) is 0 Å². The van der Waals surface area contributed by atoms with E-state index in [2.05, 4.69) is 36.2 Å². The molecule has 2 amide bonds. The molecule has 1 aliphatic carbocycles. The largest absolute Gasteiger partial charge is 0.368 e. The van der Waals surface area contributed by atoms with Gasteiger partial charge in [-0.25, -0.2) is 0 Å². The summed E-state index contributed by atoms with van der Waals surface area (Å²) in [5.74, 6) is 0.189. The predicted octanol–water partition coefficient (Wildman–Crippen LogP) is 2.89. The summed E-state index contributed by atoms with van der Waals surface area (Å²) in [6.45, 7) is 7.32. The van der Waals surface area contributed by atoms with Crippen LogP contribution in [0.5, 0.6) is 0 Å². The van der Waals surface area contributed by atoms with E-state index in [0.717, 1.165) is 38.8 Å². The fraction of sp³-hybridized carbons (Fsp3) is 0.667. The van der Waals surface area contributed by atoms with Crippen molar-refractivity contribution in [2.24, 2.45) is 0 Å². The zero-order chi connectivity index (χ0) is 23.9. The minimum Gasteiger partial charge on any atom is -0.368 e. The van der Waals surface area contributed by atoms with Gasteiger partial charge >= 0.3 is 0 Å². The second kappa shape index (κ2) is 9.42. The molecule has 5 rings (SSSR count). The Balaban J connectivity index is 1.26. The molecule has 3 heterocycles. The van der Waals surface area contributed by atoms with Gasteiger partial charge in [-0.05, 0) is 82.7 Å². The second-order valence-electron chi connectivity index (χ2n) is 10.8. The summed E-state index contributed by atoms with van der Waals surface area (Å²) < 4.78 is 5.56. The van der Waals surface area contributed by atoms with Crippen LogP contribution in [0.15, 0.2) is 24.3 Å². The number of ether oxygens (including phenoxy) is 1. The van der Waals surface area contributed by atoms with Crippen molar-refractivity contribution in [2.45, 2.75) is 88.4 Å². The number of ketones is 1. The van der Waals surface area contributed by atoms with Crippen LogP contribution in [-0.2, 0) is 14.3 Å². The highest BCUT2D eigenvalue weighted by Crippen LogP contribution is 2.36. The van der Waals surface area contributed by atoms with Crippen LogP contribution in [-0.4, -0.2) is 77.4 Å². The van der Waals surface area contributed by atoms with E-state index in [9.17, 15) is 14.4 Å². The monoisotopic (exact) mass is 467 g/mol. The number of nitrogens with zero attached hydrogens (tertiary/aromatic N) is 2. The van der Waals surface area contributed by atoms with Gasteiger partial charge < -0.3 is 19.9 Å². The zero-order valence-corrected chi connectivity index (χ0v) is 20.4. The second-order valence-corrected chi connectivity index (χ2v) is 10.8. The Morgan fingerprint density at radius 3 is 2.35 bits per heavy atom. The molecule has 3 saturated heterocycles. The molecule has 0 spiro atoms. The highest BCUT2D eigenvalue weighted by Gasteiger charge is 2.53. The van der Waals surface area contributed by atoms with Crippen LogP contribution in [0, 0.1) is 0 Å². The van der Waals surface area contributed by atoms with Crippen molar-refractivity contribution in [2.75, 3.05) is 26.2 Å². The van der Waals surface area contributed by atoms with Crippen LogP contribution in [0.25, 0.3) is 0 Å². The molecule has 0 bridgehead atoms. The number of Topliss-reactive ketones (excluding diaryl/α,β-unsaturated/α-hetero) is 1. The van der Waals surface area contributed by atoms with Crippen molar-refractivity contribution in [3.05, 3.63) is 35.4 Å². The molecule has 0 radical (unpaired) electrons. The SMILES string of the molecule is CC(C)N1CCC(c2ccc(C(=O)NC3(C(=O)N4CC[C@H]5OCC(=O)[C@H]54)CCCC3)cc2)CC1. The van der Waals surface area contributed by atoms with Gasteiger partial charge in [0, 0.05) is 18.2 Å². The first-order valence-corrected chi connectivity index (χ1v) is 13.0. The summed E-state index contributed by atoms with van der Waals surface area (Å²) in [6, 6.07) is 8.05. The first-order valence-electron chi connectivity index (χ1n) is 13.0. The third-order valence-electron chi connectivity index (χ3n) is 8.50. The minimum atomic E-state index is -0.919. The number of carbonyl (C=O) groups excluding carboxylic acids is 3. The molecule has 0 unspecified atom stereocenters. The topological polar surface area (TPSA) is 79.0 Å². The zero-order valence-electron chi connectivity index (χ0n) is 20.4. The fourth-order valence-electron chi connectivity index (χ4n) is 6.41. The Labute approximate surface area is 202 Å². The Morgan fingerprint density at radius 1 is 1.03 bits per heavy atom. The van der Waals surface area contributed by atoms with Gasteiger partial charge in [-0.1, -0.05) is 25.0 Å². The predicted molar refractivity (Wildman–Crippen MR) is 129 cm³/mol. The number of benzene rings is 1. The molecule has 1 N–H and O–H groups in total. The lowest BCUT2D eigenvalue weighted by atomic mass is 9.88. The van der Waals surface area contributed by atoms with Gasteiger partial charge in [0.05, 0.1) is 6.10 Å². The summed E-state index contributed by atoms with van der Waals surface area (Å²) in [4.78, 5) is 43.4. The summed E-state index contributed by atoms with van der Waals surface area (Å²) in [5.41, 5.74) is 0.952. The molecule has 184 valence electrons. The van der Waals surface area contributed by atoms with Gasteiger partial charge in [0.15, 0.2) is 5.78 Å². The molecule has 1 aromatic carbocycles. The Bertz CT molecular complexity index is 930. The molecule has 7 nitrogen and oxygen atoms in total. The van der Waals surface area contributed by atoms with Gasteiger partial charge in [-0.2, -0.15) is 0 Å². The van der Waals surface area contributed by atoms with E-state index in [0.29, 0.717) is 43.3 Å². The molecule has 3 aliphatic heterocycles. The maximum Gasteiger partial charge on any atom is 0.252 e. The van der Waals surface area contributed by atoms with Gasteiger partial charge in [-0.15, -0.1) is 0 Å². The molecule has 34 heavy (non-hydrogen) atoms. The van der Waals surface area contributed by atoms with Gasteiger partial charge in [0.25, 0.3) is 5.91 Å². The Hall–Kier alpha value is -2.25. The van der Waals surface area contributed by atoms with Crippen molar-refractivity contribution in [1.29, 1.82) is 0 Å². The number of amides is 2. The molecular weight excluding hydrogens is 430 g/mol. The normalized spacial score (nSPS) is 27.4. The molecular formula is C27H37N3O4. The molecule has 4 aliphatic rings. The fourth-order valence-corrected chi connectivity index (χ4v) is 6.41. The van der Waals surface area contributed by atoms with Crippen LogP contribution in [0.2, 0.25) is 0 Å². The maximum absolute atomic E-state index is 13.7. The van der Waals surface area contributed by atoms with E-state index in [1.54, 1.807) is 4.90 Å². The van der Waals surface area contributed by atoms with E-state index in [-0.39, 0.29) is 30.3 Å². The number of likely N-dealkylation sites (tertiary alicyclic amines) is 2. The van der Waals surface area contributed by atoms with Crippen molar-refractivity contribution in [1.82, 2.24) is 15.1 Å². The van der Waals surface area contributed by atoms with E-state index in [1.165, 1.54) is 5.56 Å². The van der Waals surface area contributed by atoms with Crippen LogP contribution < -0.4 is 5.32 Å². The lowest BCUT2D eigenvalue weighted by molar-refractivity contribution is -0.142. The number of rotatable bonds is 5. The van der Waals surface area contributed by atoms with Gasteiger partial charge in [-0.3, -0.25) is 14.4 Å². The van der Waals surface area contributed by atoms with Crippen molar-refractivity contribution in [3.8, 4) is 0 Å². The average molecular weight is 468 g/mol. The van der Waals surface area contributed by atoms with Crippen LogP contribution in [0.3, 0.4) is 0 Å². The highest BCUT2D eigenvalue weighted by atomic mass is 16.5. The first-order chi connectivity index (χ1) is 16.4. The summed E-state index contributed by atoms with van der Waals surface area (Å²) in [7, 11) is 0. The van der Waals surface area contributed by atoms with Crippen LogP contribution in [0.1, 0.15) is 80.6 Å². The number of carbonyl (C=O) groups is 3. The van der Waals surface area contributed by atoms with Crippen molar-refractivity contribution in [3.63, 3.8) is 0 Å². The number of fused-ring (bicyclic) bond motifs is 1. The Kier molecular flexibility index (Phi) is 6.51. The molecule has 2 atom stereocenters. The van der Waals surface area contributed by atoms with Gasteiger partial charge in [0.2, 0.25) is 5.91 Å². The van der Waals surface area contributed by atoms with E-state index >= 15 is 0 Å². The van der Waals surface area contributed by atoms with E-state index < -0.39 is 11.6 Å². The quantitative estimate of drug-likeness (QED) is 0.721. The van der Waals surface area contributed by atoms with Crippen molar-refractivity contribution >= 4 is 17.6 Å². The highest BCUT2D eigenvalue weighted by molar-refractivity contribution is 6.01. The third kappa shape index (κ3) is 4.29. The summed E-state index contributed by atoms with van der Waals surface area (Å²) in [5, 5.41) is 3.11.